The van der Waals surface area contributed by atoms with Gasteiger partial charge in [0.1, 0.15) is 12.7 Å². The predicted molar refractivity (Wildman–Crippen MR) is 316 cm³/mol. The third-order valence-corrected chi connectivity index (χ3v) is 12.8. The average Bonchev–Trinajstić information content (AvgIpc) is 3.41. The number of ether oxygens (including phenoxy) is 3. The summed E-state index contributed by atoms with van der Waals surface area (Å²) in [6.07, 6.45) is 70.4. The number of unbranched alkanes of at least 4 members (excludes halogenated alkanes) is 17. The summed E-state index contributed by atoms with van der Waals surface area (Å²) >= 11 is 0. The van der Waals surface area contributed by atoms with Crippen molar-refractivity contribution in [1.82, 2.24) is 0 Å². The molecule has 432 valence electrons. The van der Waals surface area contributed by atoms with Gasteiger partial charge in [-0.25, -0.2) is 4.57 Å². The first-order valence-corrected chi connectivity index (χ1v) is 30.9. The van der Waals surface area contributed by atoms with E-state index in [4.69, 9.17) is 23.3 Å². The van der Waals surface area contributed by atoms with Crippen LogP contribution in [0.25, 0.3) is 0 Å². The van der Waals surface area contributed by atoms with Gasteiger partial charge in [-0.05, 0) is 109 Å². The Bertz CT molecular complexity index is 1740. The Kier molecular flexibility index (Phi) is 54.0. The van der Waals surface area contributed by atoms with Crippen molar-refractivity contribution < 1.29 is 52.2 Å². The second kappa shape index (κ2) is 57.1. The molecule has 0 rings (SSSR count). The van der Waals surface area contributed by atoms with Crippen molar-refractivity contribution in [2.45, 2.75) is 238 Å². The highest BCUT2D eigenvalue weighted by atomic mass is 31.2. The van der Waals surface area contributed by atoms with Gasteiger partial charge in [0.05, 0.1) is 26.2 Å². The number of aliphatic hydroxyl groups is 1. The maximum absolute atomic E-state index is 12.9. The molecule has 3 unspecified atom stereocenters. The van der Waals surface area contributed by atoms with Crippen molar-refractivity contribution in [3.05, 3.63) is 122 Å². The molecule has 0 spiro atoms. The average molecular weight is 1080 g/mol. The molecule has 0 aromatic carbocycles. The first-order chi connectivity index (χ1) is 37.2. The molecule has 0 amide bonds. The molecule has 0 saturated carbocycles. The summed E-state index contributed by atoms with van der Waals surface area (Å²) in [4.78, 5) is 48.5. The number of phosphoric acid groups is 1. The Labute approximate surface area is 462 Å². The molecule has 12 heteroatoms. The molecule has 0 heterocycles. The van der Waals surface area contributed by atoms with Gasteiger partial charge in [-0.1, -0.05) is 219 Å². The minimum absolute atomic E-state index is 0.0617. The van der Waals surface area contributed by atoms with Crippen molar-refractivity contribution in [2.24, 2.45) is 0 Å². The highest BCUT2D eigenvalue weighted by Gasteiger charge is 2.28. The number of hydrogen-bond acceptors (Lipinski definition) is 10. The van der Waals surface area contributed by atoms with Crippen LogP contribution in [0.2, 0.25) is 0 Å². The zero-order valence-electron chi connectivity index (χ0n) is 47.7. The lowest BCUT2D eigenvalue weighted by Crippen LogP contribution is -2.30. The topological polar surface area (TPSA) is 155 Å². The maximum atomic E-state index is 12.9. The lowest BCUT2D eigenvalue weighted by Gasteiger charge is -2.21. The highest BCUT2D eigenvalue weighted by Crippen LogP contribution is 2.43. The molecule has 0 aromatic heterocycles. The van der Waals surface area contributed by atoms with Gasteiger partial charge in [0.15, 0.2) is 6.10 Å². The molecule has 0 saturated heterocycles. The van der Waals surface area contributed by atoms with Crippen molar-refractivity contribution in [2.75, 3.05) is 26.4 Å². The SMILES string of the molecule is CC/C=C\C/C=C\C/C=C\C/C=C\C/C=C\CC(=O)OC(CO)COP(=O)(O)OCC(COC(=O)CCCCCCC/C=C\C/C=C\C/C=C\CC)OC(=O)CCCCCCCCCCC/C=C\C/C=C\CCCCC. The number of carbonyl (C=O) groups excluding carboxylic acids is 3. The summed E-state index contributed by atoms with van der Waals surface area (Å²) in [5.74, 6) is -1.64. The molecule has 2 N–H and O–H groups in total. The fraction of sp³-hybridized carbons (Fsp3) is 0.641. The van der Waals surface area contributed by atoms with E-state index in [-0.39, 0.29) is 25.9 Å². The van der Waals surface area contributed by atoms with Crippen molar-refractivity contribution in [3.63, 3.8) is 0 Å². The normalized spacial score (nSPS) is 14.2. The van der Waals surface area contributed by atoms with Crippen LogP contribution in [0.4, 0.5) is 0 Å². The molecule has 0 bridgehead atoms. The fourth-order valence-electron chi connectivity index (χ4n) is 7.48. The zero-order valence-corrected chi connectivity index (χ0v) is 48.6. The standard InChI is InChI=1S/C64H105O11P/c1-4-7-10-13-16-19-22-25-28-29-30-31-34-37-40-43-46-49-52-55-64(68)75-61(57-71-62(66)53-50-47-44-41-38-35-32-26-23-20-17-14-11-8-5-2)59-73-76(69,70)72-58-60(56-65)74-63(67)54-51-48-45-42-39-36-33-27-24-21-18-15-12-9-6-3/h8-9,11-12,16-21,25-28,32-33,39,42,48,51,60-61,65H,4-7,10,13-15,22-24,29-31,34-38,40-41,43-47,49-50,52-59H2,1-3H3,(H,69,70)/b11-8-,12-9-,19-16-,20-17-,21-18-,28-25-,32-26-,33-27-,42-39-,51-48-. The summed E-state index contributed by atoms with van der Waals surface area (Å²) in [5.41, 5.74) is 0. The van der Waals surface area contributed by atoms with Gasteiger partial charge in [0.2, 0.25) is 0 Å². The van der Waals surface area contributed by atoms with Gasteiger partial charge in [-0.2, -0.15) is 0 Å². The van der Waals surface area contributed by atoms with E-state index >= 15 is 0 Å². The quantitative estimate of drug-likeness (QED) is 0.0197. The molecule has 0 aliphatic heterocycles. The lowest BCUT2D eigenvalue weighted by atomic mass is 10.1. The van der Waals surface area contributed by atoms with Crippen LogP contribution < -0.4 is 0 Å². The smallest absolute Gasteiger partial charge is 0.462 e. The van der Waals surface area contributed by atoms with E-state index in [9.17, 15) is 28.9 Å². The molecule has 76 heavy (non-hydrogen) atoms. The van der Waals surface area contributed by atoms with Gasteiger partial charge in [-0.15, -0.1) is 0 Å². The third-order valence-electron chi connectivity index (χ3n) is 11.9. The monoisotopic (exact) mass is 1080 g/mol. The molecular weight excluding hydrogens is 976 g/mol. The molecule has 0 aromatic rings. The van der Waals surface area contributed by atoms with Crippen LogP contribution in [0, 0.1) is 0 Å². The van der Waals surface area contributed by atoms with E-state index in [2.05, 4.69) is 118 Å². The van der Waals surface area contributed by atoms with E-state index in [0.717, 1.165) is 116 Å². The number of rotatable bonds is 53. The summed E-state index contributed by atoms with van der Waals surface area (Å²) in [5, 5.41) is 9.80. The minimum atomic E-state index is -4.79. The van der Waals surface area contributed by atoms with Gasteiger partial charge >= 0.3 is 25.7 Å². The van der Waals surface area contributed by atoms with Gasteiger partial charge in [-0.3, -0.25) is 23.4 Å². The Morgan fingerprint density at radius 2 is 0.737 bits per heavy atom. The summed E-state index contributed by atoms with van der Waals surface area (Å²) in [6.45, 7) is 4.25. The number of carbonyl (C=O) groups is 3. The Hall–Kier alpha value is -4.12. The molecule has 0 aliphatic carbocycles. The van der Waals surface area contributed by atoms with E-state index < -0.39 is 57.8 Å². The number of hydrogen-bond donors (Lipinski definition) is 2. The molecule has 0 fully saturated rings. The van der Waals surface area contributed by atoms with Gasteiger partial charge < -0.3 is 24.2 Å². The summed E-state index contributed by atoms with van der Waals surface area (Å²) in [7, 11) is -4.79. The molecule has 0 radical (unpaired) electrons. The number of esters is 3. The van der Waals surface area contributed by atoms with Gasteiger partial charge in [0.25, 0.3) is 0 Å². The fourth-order valence-corrected chi connectivity index (χ4v) is 8.26. The highest BCUT2D eigenvalue weighted by molar-refractivity contribution is 7.47. The van der Waals surface area contributed by atoms with Crippen molar-refractivity contribution in [1.29, 1.82) is 0 Å². The first-order valence-electron chi connectivity index (χ1n) is 29.4. The van der Waals surface area contributed by atoms with Crippen LogP contribution in [0.3, 0.4) is 0 Å². The van der Waals surface area contributed by atoms with Crippen molar-refractivity contribution in [3.8, 4) is 0 Å². The van der Waals surface area contributed by atoms with Crippen molar-refractivity contribution >= 4 is 25.7 Å². The van der Waals surface area contributed by atoms with E-state index in [0.29, 0.717) is 19.3 Å². The van der Waals surface area contributed by atoms with E-state index in [1.54, 1.807) is 6.08 Å². The molecular formula is C64H105O11P. The lowest BCUT2D eigenvalue weighted by molar-refractivity contribution is -0.161. The van der Waals surface area contributed by atoms with Crippen LogP contribution in [0.5, 0.6) is 0 Å². The van der Waals surface area contributed by atoms with E-state index in [1.807, 2.05) is 18.2 Å². The second-order valence-electron chi connectivity index (χ2n) is 19.1. The minimum Gasteiger partial charge on any atom is -0.462 e. The van der Waals surface area contributed by atoms with Crippen LogP contribution in [-0.4, -0.2) is 66.5 Å². The Morgan fingerprint density at radius 1 is 0.395 bits per heavy atom. The maximum Gasteiger partial charge on any atom is 0.472 e. The van der Waals surface area contributed by atoms with Gasteiger partial charge in [0, 0.05) is 12.8 Å². The largest absolute Gasteiger partial charge is 0.472 e. The number of aliphatic hydroxyl groups excluding tert-OH is 1. The Morgan fingerprint density at radius 3 is 1.16 bits per heavy atom. The molecule has 3 atom stereocenters. The molecule has 0 aliphatic rings. The zero-order chi connectivity index (χ0) is 55.5. The van der Waals surface area contributed by atoms with Crippen LogP contribution in [0.1, 0.15) is 226 Å². The molecule has 11 nitrogen and oxygen atoms in total. The number of allylic oxidation sites excluding steroid dienone is 19. The summed E-state index contributed by atoms with van der Waals surface area (Å²) in [6, 6.07) is 0. The van der Waals surface area contributed by atoms with Crippen LogP contribution >= 0.6 is 7.82 Å². The third kappa shape index (κ3) is 54.7. The van der Waals surface area contributed by atoms with Crippen LogP contribution in [0.15, 0.2) is 122 Å². The first kappa shape index (κ1) is 71.9. The predicted octanol–water partition coefficient (Wildman–Crippen LogP) is 17.6. The van der Waals surface area contributed by atoms with E-state index in [1.165, 1.54) is 51.4 Å². The van der Waals surface area contributed by atoms with Crippen LogP contribution in [-0.2, 0) is 42.2 Å². The second-order valence-corrected chi connectivity index (χ2v) is 20.5. The Balaban J connectivity index is 4.84. The number of phosphoric ester groups is 1. The summed E-state index contributed by atoms with van der Waals surface area (Å²) < 4.78 is 39.4.